The maximum Gasteiger partial charge on any atom is 0.0440 e. The van der Waals surface area contributed by atoms with Gasteiger partial charge in [0.25, 0.3) is 0 Å². The molecule has 0 atom stereocenters. The fourth-order valence-electron chi connectivity index (χ4n) is 5.73. The molecule has 0 spiro atoms. The van der Waals surface area contributed by atoms with E-state index in [-0.39, 0.29) is 0 Å². The van der Waals surface area contributed by atoms with Gasteiger partial charge in [0.1, 0.15) is 0 Å². The summed E-state index contributed by atoms with van der Waals surface area (Å²) in [5.41, 5.74) is 2.62. The Morgan fingerprint density at radius 2 is 1.03 bits per heavy atom. The summed E-state index contributed by atoms with van der Waals surface area (Å²) in [5.74, 6) is 0. The zero-order chi connectivity index (χ0) is 21.5. The molecule has 0 N–H and O–H groups in total. The van der Waals surface area contributed by atoms with Crippen LogP contribution in [0.1, 0.15) is 0 Å². The van der Waals surface area contributed by atoms with Crippen molar-refractivity contribution in [2.45, 2.75) is 0 Å². The minimum absolute atomic E-state index is 1.29. The van der Waals surface area contributed by atoms with Crippen molar-refractivity contribution in [3.8, 4) is 11.1 Å². The summed E-state index contributed by atoms with van der Waals surface area (Å²) < 4.78 is 2.77. The van der Waals surface area contributed by atoms with Crippen molar-refractivity contribution in [2.24, 2.45) is 0 Å². The Balaban J connectivity index is 1.51. The van der Waals surface area contributed by atoms with Gasteiger partial charge < -0.3 is 0 Å². The first-order valence-corrected chi connectivity index (χ1v) is 12.2. The number of rotatable bonds is 1. The minimum Gasteiger partial charge on any atom is -0.134 e. The van der Waals surface area contributed by atoms with Gasteiger partial charge in [-0.1, -0.05) is 97.1 Å². The lowest BCUT2D eigenvalue weighted by atomic mass is 9.91. The third kappa shape index (κ3) is 2.30. The van der Waals surface area contributed by atoms with Gasteiger partial charge in [-0.25, -0.2) is 0 Å². The van der Waals surface area contributed by atoms with Gasteiger partial charge in [-0.15, -0.1) is 11.3 Å². The molecule has 1 heteroatoms. The predicted octanol–water partition coefficient (Wildman–Crippen LogP) is 9.77. The molecule has 152 valence electrons. The quantitative estimate of drug-likeness (QED) is 0.226. The fourth-order valence-corrected chi connectivity index (χ4v) is 7.04. The molecule has 7 aromatic carbocycles. The molecule has 0 fully saturated rings. The summed E-state index contributed by atoms with van der Waals surface area (Å²) in [4.78, 5) is 0. The smallest absolute Gasteiger partial charge is 0.0440 e. The number of fused-ring (bicyclic) bond motifs is 6. The second-order valence-corrected chi connectivity index (χ2v) is 9.97. The highest BCUT2D eigenvalue weighted by molar-refractivity contribution is 7.26. The van der Waals surface area contributed by atoms with Gasteiger partial charge in [-0.05, 0) is 66.3 Å². The summed E-state index contributed by atoms with van der Waals surface area (Å²) in [6.07, 6.45) is 0. The Labute approximate surface area is 194 Å². The molecule has 0 saturated heterocycles. The average Bonchev–Trinajstić information content (AvgIpc) is 3.28. The van der Waals surface area contributed by atoms with Crippen molar-refractivity contribution in [1.29, 1.82) is 0 Å². The van der Waals surface area contributed by atoms with Gasteiger partial charge >= 0.3 is 0 Å². The number of benzene rings is 7. The van der Waals surface area contributed by atoms with E-state index in [0.29, 0.717) is 0 Å². The van der Waals surface area contributed by atoms with E-state index in [0.717, 1.165) is 0 Å². The van der Waals surface area contributed by atoms with Gasteiger partial charge in [0.05, 0.1) is 0 Å². The predicted molar refractivity (Wildman–Crippen MR) is 146 cm³/mol. The van der Waals surface area contributed by atoms with Crippen LogP contribution in [-0.2, 0) is 0 Å². The van der Waals surface area contributed by atoms with Crippen LogP contribution in [0, 0.1) is 0 Å². The Morgan fingerprint density at radius 3 is 1.76 bits per heavy atom. The normalized spacial score (nSPS) is 12.2. The molecule has 0 bridgehead atoms. The van der Waals surface area contributed by atoms with Crippen LogP contribution in [0.15, 0.2) is 109 Å². The molecular weight excluding hydrogens is 416 g/mol. The van der Waals surface area contributed by atoms with Crippen molar-refractivity contribution >= 4 is 74.6 Å². The second-order valence-electron chi connectivity index (χ2n) is 8.91. The van der Waals surface area contributed by atoms with Crippen LogP contribution >= 0.6 is 11.3 Å². The van der Waals surface area contributed by atoms with Gasteiger partial charge in [-0.3, -0.25) is 0 Å². The van der Waals surface area contributed by atoms with Crippen LogP contribution in [0.25, 0.3) is 74.4 Å². The minimum atomic E-state index is 1.29. The highest BCUT2D eigenvalue weighted by Gasteiger charge is 2.16. The van der Waals surface area contributed by atoms with Crippen LogP contribution in [0.5, 0.6) is 0 Å². The van der Waals surface area contributed by atoms with Crippen LogP contribution < -0.4 is 0 Å². The van der Waals surface area contributed by atoms with Gasteiger partial charge in [0.15, 0.2) is 0 Å². The van der Waals surface area contributed by atoms with Crippen molar-refractivity contribution in [2.75, 3.05) is 0 Å². The molecule has 0 saturated carbocycles. The molecule has 0 aliphatic heterocycles. The molecule has 0 aliphatic rings. The van der Waals surface area contributed by atoms with E-state index in [1.54, 1.807) is 0 Å². The molecule has 33 heavy (non-hydrogen) atoms. The summed E-state index contributed by atoms with van der Waals surface area (Å²) in [6, 6.07) is 40.4. The highest BCUT2D eigenvalue weighted by atomic mass is 32.1. The zero-order valence-corrected chi connectivity index (χ0v) is 18.6. The molecule has 0 amide bonds. The molecule has 0 nitrogen and oxygen atoms in total. The maximum absolute atomic E-state index is 2.41. The largest absolute Gasteiger partial charge is 0.134 e. The Bertz CT molecular complexity index is 1990. The lowest BCUT2D eigenvalue weighted by Gasteiger charge is -2.13. The molecular formula is C32H18S. The van der Waals surface area contributed by atoms with Crippen molar-refractivity contribution < 1.29 is 0 Å². The summed E-state index contributed by atoms with van der Waals surface area (Å²) in [7, 11) is 0. The monoisotopic (exact) mass is 434 g/mol. The average molecular weight is 435 g/mol. The van der Waals surface area contributed by atoms with Crippen molar-refractivity contribution in [3.63, 3.8) is 0 Å². The summed E-state index contributed by atoms with van der Waals surface area (Å²) >= 11 is 1.92. The third-order valence-corrected chi connectivity index (χ3v) is 8.40. The molecule has 0 radical (unpaired) electrons. The summed E-state index contributed by atoms with van der Waals surface area (Å²) in [5, 5.41) is 13.4. The first-order valence-electron chi connectivity index (χ1n) is 11.4. The first kappa shape index (κ1) is 17.6. The van der Waals surface area contributed by atoms with E-state index < -0.39 is 0 Å². The number of hydrogen-bond acceptors (Lipinski definition) is 1. The van der Waals surface area contributed by atoms with Gasteiger partial charge in [0, 0.05) is 20.2 Å². The van der Waals surface area contributed by atoms with E-state index in [9.17, 15) is 0 Å². The zero-order valence-electron chi connectivity index (χ0n) is 17.8. The Morgan fingerprint density at radius 1 is 0.424 bits per heavy atom. The van der Waals surface area contributed by atoms with Crippen molar-refractivity contribution in [3.05, 3.63) is 109 Å². The third-order valence-electron chi connectivity index (χ3n) is 7.21. The maximum atomic E-state index is 2.41. The van der Waals surface area contributed by atoms with Crippen molar-refractivity contribution in [1.82, 2.24) is 0 Å². The molecule has 1 aromatic heterocycles. The standard InChI is InChI=1S/C32H18S/c1-2-9-25-23(7-1)24-8-3-4-10-26(24)28-18-21(15-17-27(25)28)22-16-14-20-13-12-19-6-5-11-29-30(19)31(20)32(22)33-29/h1-18H. The molecule has 1 heterocycles. The molecule has 8 aromatic rings. The molecule has 0 unspecified atom stereocenters. The van der Waals surface area contributed by atoms with Gasteiger partial charge in [0.2, 0.25) is 0 Å². The van der Waals surface area contributed by atoms with Crippen LogP contribution in [0.3, 0.4) is 0 Å². The SMILES string of the molecule is c1cc2ccc3ccc(-c4ccc5c6ccccc6c6ccccc6c5c4)c4sc(c1)c2c34. The fraction of sp³-hybridized carbons (Fsp3) is 0. The molecule has 8 rings (SSSR count). The lowest BCUT2D eigenvalue weighted by molar-refractivity contribution is 1.73. The van der Waals surface area contributed by atoms with E-state index in [1.807, 2.05) is 11.3 Å². The highest BCUT2D eigenvalue weighted by Crippen LogP contribution is 2.45. The lowest BCUT2D eigenvalue weighted by Crippen LogP contribution is -1.85. The first-order chi connectivity index (χ1) is 16.4. The van der Waals surface area contributed by atoms with E-state index in [4.69, 9.17) is 0 Å². The van der Waals surface area contributed by atoms with E-state index in [1.165, 1.54) is 74.4 Å². The second kappa shape index (κ2) is 6.31. The number of thiophene rings is 1. The van der Waals surface area contributed by atoms with E-state index >= 15 is 0 Å². The Kier molecular flexibility index (Phi) is 3.37. The van der Waals surface area contributed by atoms with Gasteiger partial charge in [-0.2, -0.15) is 0 Å². The van der Waals surface area contributed by atoms with Crippen LogP contribution in [0.4, 0.5) is 0 Å². The number of hydrogen-bond donors (Lipinski definition) is 0. The molecule has 0 aliphatic carbocycles. The Hall–Kier alpha value is -3.94. The van der Waals surface area contributed by atoms with E-state index in [2.05, 4.69) is 109 Å². The van der Waals surface area contributed by atoms with Crippen LogP contribution in [0.2, 0.25) is 0 Å². The topological polar surface area (TPSA) is 0 Å². The summed E-state index contributed by atoms with van der Waals surface area (Å²) in [6.45, 7) is 0. The van der Waals surface area contributed by atoms with Crippen LogP contribution in [-0.4, -0.2) is 0 Å².